The van der Waals surface area contributed by atoms with E-state index in [2.05, 4.69) is 31.2 Å². The van der Waals surface area contributed by atoms with Crippen LogP contribution in [0, 0.1) is 10.1 Å². The van der Waals surface area contributed by atoms with E-state index in [0.29, 0.717) is 22.7 Å². The molecule has 0 radical (unpaired) electrons. The number of nitro benzene ring substituents is 1. The third-order valence-electron chi connectivity index (χ3n) is 2.38. The Morgan fingerprint density at radius 1 is 1.52 bits per heavy atom. The zero-order chi connectivity index (χ0) is 15.4. The van der Waals surface area contributed by atoms with Crippen LogP contribution in [0.1, 0.15) is 6.92 Å². The summed E-state index contributed by atoms with van der Waals surface area (Å²) in [4.78, 5) is 18.4. The molecule has 9 heteroatoms. The summed E-state index contributed by atoms with van der Waals surface area (Å²) in [6.07, 6.45) is 1.55. The molecular weight excluding hydrogens is 364 g/mol. The van der Waals surface area contributed by atoms with Crippen molar-refractivity contribution in [1.29, 1.82) is 0 Å². The minimum absolute atomic E-state index is 0.00501. The number of benzene rings is 1. The van der Waals surface area contributed by atoms with Gasteiger partial charge in [-0.25, -0.2) is 4.98 Å². The largest absolute Gasteiger partial charge is 0.438 e. The minimum atomic E-state index is -0.560. The summed E-state index contributed by atoms with van der Waals surface area (Å²) in [6.45, 7) is 2.59. The summed E-state index contributed by atoms with van der Waals surface area (Å²) in [5, 5.41) is 13.7. The number of ether oxygens (including phenoxy) is 1. The molecule has 0 fully saturated rings. The molecular formula is C12H10BrClN4O3. The molecule has 0 spiro atoms. The predicted molar refractivity (Wildman–Crippen MR) is 82.1 cm³/mol. The number of nitrogens with one attached hydrogen (secondary N) is 1. The molecule has 0 saturated carbocycles. The number of rotatable bonds is 5. The topological polar surface area (TPSA) is 90.2 Å². The van der Waals surface area contributed by atoms with E-state index in [0.717, 1.165) is 0 Å². The van der Waals surface area contributed by atoms with E-state index >= 15 is 0 Å². The molecule has 0 unspecified atom stereocenters. The van der Waals surface area contributed by atoms with Gasteiger partial charge in [0.25, 0.3) is 5.69 Å². The van der Waals surface area contributed by atoms with Crippen molar-refractivity contribution in [3.05, 3.63) is 44.0 Å². The predicted octanol–water partition coefficient (Wildman–Crippen LogP) is 4.02. The van der Waals surface area contributed by atoms with E-state index in [1.54, 1.807) is 6.20 Å². The molecule has 7 nitrogen and oxygen atoms in total. The SMILES string of the molecule is CCNc1ncc(Br)c(Oc2ccc([N+](=O)[O-])c(Cl)c2)n1. The summed E-state index contributed by atoms with van der Waals surface area (Å²) in [5.74, 6) is 1.04. The maximum absolute atomic E-state index is 10.7. The van der Waals surface area contributed by atoms with E-state index in [9.17, 15) is 10.1 Å². The first-order valence-corrected chi connectivity index (χ1v) is 7.06. The molecule has 1 aromatic heterocycles. The summed E-state index contributed by atoms with van der Waals surface area (Å²) < 4.78 is 6.12. The molecule has 0 atom stereocenters. The van der Waals surface area contributed by atoms with E-state index < -0.39 is 4.92 Å². The number of aromatic nitrogens is 2. The third-order valence-corrected chi connectivity index (χ3v) is 3.22. The summed E-state index contributed by atoms with van der Waals surface area (Å²) in [6, 6.07) is 4.09. The fourth-order valence-corrected chi connectivity index (χ4v) is 1.99. The minimum Gasteiger partial charge on any atom is -0.438 e. The second-order valence-corrected chi connectivity index (χ2v) is 5.11. The molecule has 1 N–H and O–H groups in total. The van der Waals surface area contributed by atoms with Crippen LogP contribution in [0.2, 0.25) is 5.02 Å². The molecule has 0 aliphatic rings. The third kappa shape index (κ3) is 3.79. The van der Waals surface area contributed by atoms with Gasteiger partial charge < -0.3 is 10.1 Å². The number of nitro groups is 1. The monoisotopic (exact) mass is 372 g/mol. The van der Waals surface area contributed by atoms with Gasteiger partial charge in [0, 0.05) is 18.7 Å². The summed E-state index contributed by atoms with van der Waals surface area (Å²) >= 11 is 9.11. The quantitative estimate of drug-likeness (QED) is 0.628. The Hall–Kier alpha value is -1.93. The Balaban J connectivity index is 2.27. The number of hydrogen-bond donors (Lipinski definition) is 1. The van der Waals surface area contributed by atoms with E-state index in [1.165, 1.54) is 18.2 Å². The van der Waals surface area contributed by atoms with Crippen molar-refractivity contribution in [2.45, 2.75) is 6.92 Å². The summed E-state index contributed by atoms with van der Waals surface area (Å²) in [7, 11) is 0. The number of nitrogens with zero attached hydrogens (tertiary/aromatic N) is 3. The lowest BCUT2D eigenvalue weighted by Crippen LogP contribution is -2.03. The Morgan fingerprint density at radius 2 is 2.29 bits per heavy atom. The fourth-order valence-electron chi connectivity index (χ4n) is 1.48. The van der Waals surface area contributed by atoms with Crippen LogP contribution in [0.25, 0.3) is 0 Å². The van der Waals surface area contributed by atoms with Gasteiger partial charge in [-0.2, -0.15) is 4.98 Å². The van der Waals surface area contributed by atoms with E-state index in [4.69, 9.17) is 16.3 Å². The lowest BCUT2D eigenvalue weighted by molar-refractivity contribution is -0.384. The normalized spacial score (nSPS) is 10.2. The molecule has 1 aromatic carbocycles. The van der Waals surface area contributed by atoms with Gasteiger partial charge in [0.15, 0.2) is 0 Å². The van der Waals surface area contributed by atoms with Gasteiger partial charge in [-0.15, -0.1) is 0 Å². The number of anilines is 1. The van der Waals surface area contributed by atoms with Crippen LogP contribution in [0.15, 0.2) is 28.9 Å². The van der Waals surface area contributed by atoms with Crippen LogP contribution >= 0.6 is 27.5 Å². The molecule has 0 aliphatic heterocycles. The standard InChI is InChI=1S/C12H10BrClN4O3/c1-2-15-12-16-6-8(13)11(17-12)21-7-3-4-10(18(19)20)9(14)5-7/h3-6H,2H2,1H3,(H,15,16,17). The van der Waals surface area contributed by atoms with Gasteiger partial charge in [-0.1, -0.05) is 11.6 Å². The molecule has 21 heavy (non-hydrogen) atoms. The Morgan fingerprint density at radius 3 is 2.90 bits per heavy atom. The molecule has 0 amide bonds. The first-order valence-electron chi connectivity index (χ1n) is 5.89. The van der Waals surface area contributed by atoms with Crippen molar-refractivity contribution in [1.82, 2.24) is 9.97 Å². The average Bonchev–Trinajstić information content (AvgIpc) is 2.42. The second kappa shape index (κ2) is 6.68. The molecule has 1 heterocycles. The van der Waals surface area contributed by atoms with Gasteiger partial charge >= 0.3 is 0 Å². The Bertz CT molecular complexity index is 684. The van der Waals surface area contributed by atoms with Gasteiger partial charge in [0.05, 0.1) is 15.6 Å². The second-order valence-electron chi connectivity index (χ2n) is 3.85. The zero-order valence-electron chi connectivity index (χ0n) is 10.8. The Kier molecular flexibility index (Phi) is 4.92. The fraction of sp³-hybridized carbons (Fsp3) is 0.167. The van der Waals surface area contributed by atoms with Crippen molar-refractivity contribution < 1.29 is 9.66 Å². The average molecular weight is 374 g/mol. The highest BCUT2D eigenvalue weighted by molar-refractivity contribution is 9.10. The van der Waals surface area contributed by atoms with Gasteiger partial charge in [0.1, 0.15) is 10.8 Å². The smallest absolute Gasteiger partial charge is 0.288 e. The number of halogens is 2. The van der Waals surface area contributed by atoms with E-state index in [-0.39, 0.29) is 16.6 Å². The van der Waals surface area contributed by atoms with Crippen molar-refractivity contribution in [2.24, 2.45) is 0 Å². The zero-order valence-corrected chi connectivity index (χ0v) is 13.2. The Labute approximate surface area is 133 Å². The summed E-state index contributed by atoms with van der Waals surface area (Å²) in [5.41, 5.74) is -0.181. The highest BCUT2D eigenvalue weighted by Crippen LogP contribution is 2.32. The molecule has 0 bridgehead atoms. The van der Waals surface area contributed by atoms with Gasteiger partial charge in [-0.05, 0) is 28.9 Å². The van der Waals surface area contributed by atoms with Gasteiger partial charge in [0.2, 0.25) is 11.8 Å². The highest BCUT2D eigenvalue weighted by atomic mass is 79.9. The van der Waals surface area contributed by atoms with Crippen LogP contribution in [-0.4, -0.2) is 21.4 Å². The lowest BCUT2D eigenvalue weighted by Gasteiger charge is -2.08. The molecule has 0 aliphatic carbocycles. The lowest BCUT2D eigenvalue weighted by atomic mass is 10.3. The van der Waals surface area contributed by atoms with Crippen LogP contribution < -0.4 is 10.1 Å². The van der Waals surface area contributed by atoms with Crippen molar-refractivity contribution >= 4 is 39.2 Å². The van der Waals surface area contributed by atoms with Crippen LogP contribution in [0.5, 0.6) is 11.6 Å². The number of hydrogen-bond acceptors (Lipinski definition) is 6. The highest BCUT2D eigenvalue weighted by Gasteiger charge is 2.14. The van der Waals surface area contributed by atoms with Crippen LogP contribution in [0.4, 0.5) is 11.6 Å². The van der Waals surface area contributed by atoms with Crippen LogP contribution in [0.3, 0.4) is 0 Å². The van der Waals surface area contributed by atoms with Crippen molar-refractivity contribution in [2.75, 3.05) is 11.9 Å². The first kappa shape index (κ1) is 15.5. The molecule has 2 aromatic rings. The van der Waals surface area contributed by atoms with E-state index in [1.807, 2.05) is 6.92 Å². The van der Waals surface area contributed by atoms with Gasteiger partial charge in [-0.3, -0.25) is 10.1 Å². The molecule has 110 valence electrons. The first-order chi connectivity index (χ1) is 10.0. The molecule has 2 rings (SSSR count). The maximum Gasteiger partial charge on any atom is 0.288 e. The molecule has 0 saturated heterocycles. The van der Waals surface area contributed by atoms with Crippen molar-refractivity contribution in [3.63, 3.8) is 0 Å². The maximum atomic E-state index is 10.7. The van der Waals surface area contributed by atoms with Crippen LogP contribution in [-0.2, 0) is 0 Å². The van der Waals surface area contributed by atoms with Crippen molar-refractivity contribution in [3.8, 4) is 11.6 Å².